The van der Waals surface area contributed by atoms with E-state index in [-0.39, 0.29) is 11.4 Å². The molecule has 2 aromatic carbocycles. The van der Waals surface area contributed by atoms with Gasteiger partial charge in [-0.2, -0.15) is 0 Å². The van der Waals surface area contributed by atoms with Crippen LogP contribution in [-0.2, 0) is 4.79 Å². The summed E-state index contributed by atoms with van der Waals surface area (Å²) in [5, 5.41) is 4.62. The monoisotopic (exact) mass is 471 g/mol. The number of anilines is 1. The largest absolute Gasteiger partial charge is 0.497 e. The summed E-state index contributed by atoms with van der Waals surface area (Å²) < 4.78 is 8.62. The Kier molecular flexibility index (Phi) is 6.23. The summed E-state index contributed by atoms with van der Waals surface area (Å²) in [6.45, 7) is 6.47. The highest BCUT2D eigenvalue weighted by Gasteiger charge is 2.40. The molecule has 0 N–H and O–H groups in total. The molecule has 0 saturated carbocycles. The molecule has 2 heterocycles. The van der Waals surface area contributed by atoms with E-state index in [2.05, 4.69) is 31.9 Å². The first kappa shape index (κ1) is 22.0. The van der Waals surface area contributed by atoms with Crippen molar-refractivity contribution in [2.24, 2.45) is 0 Å². The molecule has 4 rings (SSSR count). The topological polar surface area (TPSA) is 47.4 Å². The molecular weight excluding hydrogens is 446 g/mol. The van der Waals surface area contributed by atoms with E-state index in [4.69, 9.17) is 17.0 Å². The number of ether oxygens (including phenoxy) is 1. The molecule has 0 spiro atoms. The van der Waals surface area contributed by atoms with Gasteiger partial charge in [0.05, 0.1) is 18.6 Å². The molecule has 5 nitrogen and oxygen atoms in total. The summed E-state index contributed by atoms with van der Waals surface area (Å²) in [6, 6.07) is 15.8. The summed E-state index contributed by atoms with van der Waals surface area (Å²) in [4.78, 5) is 15.3. The number of nitrogens with zero attached hydrogens (tertiary/aromatic N) is 3. The summed E-state index contributed by atoms with van der Waals surface area (Å²) in [7, 11) is 1.67. The molecule has 0 fully saturated rings. The van der Waals surface area contributed by atoms with Crippen molar-refractivity contribution in [2.75, 3.05) is 17.8 Å². The van der Waals surface area contributed by atoms with Gasteiger partial charge in [0.25, 0.3) is 0 Å². The molecule has 0 bridgehead atoms. The van der Waals surface area contributed by atoms with E-state index in [9.17, 15) is 4.79 Å². The zero-order chi connectivity index (χ0) is 22.2. The van der Waals surface area contributed by atoms with Crippen molar-refractivity contribution >= 4 is 46.9 Å². The number of hydrogen-bond acceptors (Lipinski definition) is 6. The highest BCUT2D eigenvalue weighted by atomic mass is 32.2. The van der Waals surface area contributed by atoms with Crippen LogP contribution in [0.25, 0.3) is 5.69 Å². The Labute approximate surface area is 196 Å². The molecule has 31 heavy (non-hydrogen) atoms. The molecule has 1 aliphatic heterocycles. The van der Waals surface area contributed by atoms with Crippen LogP contribution in [-0.4, -0.2) is 34.1 Å². The fourth-order valence-corrected chi connectivity index (χ4v) is 6.46. The fourth-order valence-electron chi connectivity index (χ4n) is 4.25. The summed E-state index contributed by atoms with van der Waals surface area (Å²) in [5.41, 5.74) is 2.78. The number of rotatable bonds is 5. The molecule has 0 unspecified atom stereocenters. The number of benzene rings is 2. The van der Waals surface area contributed by atoms with Gasteiger partial charge in [-0.05, 0) is 74.3 Å². The van der Waals surface area contributed by atoms with Crippen molar-refractivity contribution < 1.29 is 9.53 Å². The normalized spacial score (nSPS) is 17.3. The number of methoxy groups -OCH3 is 1. The van der Waals surface area contributed by atoms with E-state index in [1.54, 1.807) is 11.8 Å². The van der Waals surface area contributed by atoms with E-state index in [1.807, 2.05) is 47.4 Å². The van der Waals surface area contributed by atoms with Gasteiger partial charge in [-0.25, -0.2) is 4.68 Å². The van der Waals surface area contributed by atoms with Crippen molar-refractivity contribution in [2.45, 2.75) is 43.0 Å². The van der Waals surface area contributed by atoms with E-state index < -0.39 is 0 Å². The van der Waals surface area contributed by atoms with Crippen molar-refractivity contribution in [3.63, 3.8) is 0 Å². The van der Waals surface area contributed by atoms with Crippen LogP contribution in [0.4, 0.5) is 5.69 Å². The van der Waals surface area contributed by atoms with Crippen LogP contribution in [0.3, 0.4) is 0 Å². The Morgan fingerprint density at radius 3 is 2.74 bits per heavy atom. The predicted octanol–water partition coefficient (Wildman–Crippen LogP) is 6.08. The lowest BCUT2D eigenvalue weighted by atomic mass is 9.80. The quantitative estimate of drug-likeness (QED) is 0.333. The van der Waals surface area contributed by atoms with Crippen LogP contribution >= 0.6 is 35.3 Å². The maximum atomic E-state index is 13.4. The number of carbonyl (C=O) groups is 1. The Bertz CT molecular complexity index is 1150. The Hall–Kier alpha value is -2.16. The van der Waals surface area contributed by atoms with Crippen LogP contribution in [0, 0.1) is 3.95 Å². The minimum atomic E-state index is -0.269. The first-order chi connectivity index (χ1) is 14.8. The van der Waals surface area contributed by atoms with Crippen molar-refractivity contribution in [1.82, 2.24) is 9.78 Å². The van der Waals surface area contributed by atoms with Gasteiger partial charge in [-0.1, -0.05) is 48.2 Å². The summed E-state index contributed by atoms with van der Waals surface area (Å²) in [6.07, 6.45) is 0.894. The van der Waals surface area contributed by atoms with E-state index >= 15 is 0 Å². The van der Waals surface area contributed by atoms with Crippen LogP contribution in [0.1, 0.15) is 38.7 Å². The number of aromatic nitrogens is 2. The minimum absolute atomic E-state index is 0.0701. The first-order valence-electron chi connectivity index (χ1n) is 10.1. The molecule has 8 heteroatoms. The molecule has 1 aliphatic rings. The fraction of sp³-hybridized carbons (Fsp3) is 0.348. The SMILES string of the molecule is COc1ccc2c(c1)[C@@H](C)CC(C)(C)N2C(=O)CSc1nn(-c2ccccc2)c(=S)s1. The number of para-hydroxylation sites is 1. The average Bonchev–Trinajstić information content (AvgIpc) is 3.12. The van der Waals surface area contributed by atoms with E-state index in [0.29, 0.717) is 15.6 Å². The minimum Gasteiger partial charge on any atom is -0.497 e. The number of fused-ring (bicyclic) bond motifs is 1. The van der Waals surface area contributed by atoms with Crippen molar-refractivity contribution in [1.29, 1.82) is 0 Å². The van der Waals surface area contributed by atoms with Crippen molar-refractivity contribution in [3.8, 4) is 11.4 Å². The first-order valence-corrected chi connectivity index (χ1v) is 12.3. The standard InChI is InChI=1S/C23H25N3O2S3/c1-15-13-23(2,3)25(19-11-10-17(28-4)12-18(15)19)20(27)14-30-21-24-26(22(29)31-21)16-8-6-5-7-9-16/h5-12,15H,13-14H2,1-4H3/t15-/m0/s1. The smallest absolute Gasteiger partial charge is 0.237 e. The third-order valence-electron chi connectivity index (χ3n) is 5.52. The third-order valence-corrected chi connectivity index (χ3v) is 7.87. The van der Waals surface area contributed by atoms with Gasteiger partial charge in [0.15, 0.2) is 8.29 Å². The summed E-state index contributed by atoms with van der Waals surface area (Å²) in [5.74, 6) is 1.54. The molecule has 1 aromatic heterocycles. The van der Waals surface area contributed by atoms with E-state index in [0.717, 1.165) is 33.4 Å². The predicted molar refractivity (Wildman–Crippen MR) is 131 cm³/mol. The molecule has 1 amide bonds. The van der Waals surface area contributed by atoms with Gasteiger partial charge in [0.1, 0.15) is 5.75 Å². The second kappa shape index (κ2) is 8.76. The average molecular weight is 472 g/mol. The number of thioether (sulfide) groups is 1. The Morgan fingerprint density at radius 1 is 1.29 bits per heavy atom. The lowest BCUT2D eigenvalue weighted by molar-refractivity contribution is -0.117. The number of hydrogen-bond donors (Lipinski definition) is 0. The zero-order valence-electron chi connectivity index (χ0n) is 18.0. The second-order valence-electron chi connectivity index (χ2n) is 8.24. The Morgan fingerprint density at radius 2 is 2.03 bits per heavy atom. The highest BCUT2D eigenvalue weighted by molar-refractivity contribution is 8.01. The Balaban J connectivity index is 1.56. The molecule has 0 radical (unpaired) electrons. The highest BCUT2D eigenvalue weighted by Crippen LogP contribution is 2.45. The summed E-state index contributed by atoms with van der Waals surface area (Å²) >= 11 is 8.35. The van der Waals surface area contributed by atoms with Gasteiger partial charge in [-0.15, -0.1) is 5.10 Å². The van der Waals surface area contributed by atoms with Gasteiger partial charge in [-0.3, -0.25) is 4.79 Å². The molecule has 162 valence electrons. The van der Waals surface area contributed by atoms with Crippen LogP contribution in [0.5, 0.6) is 5.75 Å². The van der Waals surface area contributed by atoms with Gasteiger partial charge < -0.3 is 9.64 Å². The van der Waals surface area contributed by atoms with Crippen LogP contribution < -0.4 is 9.64 Å². The van der Waals surface area contributed by atoms with Gasteiger partial charge >= 0.3 is 0 Å². The maximum absolute atomic E-state index is 13.4. The van der Waals surface area contributed by atoms with Crippen molar-refractivity contribution in [3.05, 3.63) is 58.0 Å². The third kappa shape index (κ3) is 4.42. The molecule has 1 atom stereocenters. The van der Waals surface area contributed by atoms with E-state index in [1.165, 1.54) is 23.1 Å². The number of carbonyl (C=O) groups excluding carboxylic acids is 1. The zero-order valence-corrected chi connectivity index (χ0v) is 20.4. The molecule has 0 saturated heterocycles. The maximum Gasteiger partial charge on any atom is 0.237 e. The van der Waals surface area contributed by atoms with Crippen LogP contribution in [0.15, 0.2) is 52.9 Å². The second-order valence-corrected chi connectivity index (χ2v) is 11.1. The molecule has 0 aliphatic carbocycles. The number of amides is 1. The van der Waals surface area contributed by atoms with Gasteiger partial charge in [0, 0.05) is 11.2 Å². The lowest BCUT2D eigenvalue weighted by Gasteiger charge is -2.46. The lowest BCUT2D eigenvalue weighted by Crippen LogP contribution is -2.52. The molecule has 3 aromatic rings. The van der Waals surface area contributed by atoms with Gasteiger partial charge in [0.2, 0.25) is 5.91 Å². The molecular formula is C23H25N3O2S3. The van der Waals surface area contributed by atoms with Crippen LogP contribution in [0.2, 0.25) is 0 Å².